The zero-order valence-corrected chi connectivity index (χ0v) is 25.0. The Balaban J connectivity index is 1.90. The number of hydrogen-bond donors (Lipinski definition) is 2. The maximum absolute atomic E-state index is 12.5. The van der Waals surface area contributed by atoms with E-state index >= 15 is 0 Å². The average molecular weight is 552 g/mol. The average Bonchev–Trinajstić information content (AvgIpc) is 2.98. The molecule has 222 valence electrons. The second-order valence-electron chi connectivity index (χ2n) is 10.7. The van der Waals surface area contributed by atoms with Gasteiger partial charge in [0.1, 0.15) is 6.10 Å². The fourth-order valence-corrected chi connectivity index (χ4v) is 4.74. The third-order valence-electron chi connectivity index (χ3n) is 7.15. The summed E-state index contributed by atoms with van der Waals surface area (Å²) in [6, 6.07) is 10.7. The minimum atomic E-state index is -0.553. The predicted molar refractivity (Wildman–Crippen MR) is 165 cm³/mol. The summed E-state index contributed by atoms with van der Waals surface area (Å²) in [5.74, 6) is 0.376. The van der Waals surface area contributed by atoms with Crippen molar-refractivity contribution in [2.75, 3.05) is 6.61 Å². The Labute approximate surface area is 243 Å². The monoisotopic (exact) mass is 551 g/mol. The van der Waals surface area contributed by atoms with Crippen molar-refractivity contribution < 1.29 is 14.6 Å². The van der Waals surface area contributed by atoms with Crippen molar-refractivity contribution in [1.82, 2.24) is 15.3 Å². The van der Waals surface area contributed by atoms with Gasteiger partial charge in [0.15, 0.2) is 0 Å². The van der Waals surface area contributed by atoms with Gasteiger partial charge in [0.2, 0.25) is 11.8 Å². The van der Waals surface area contributed by atoms with E-state index in [0.717, 1.165) is 37.8 Å². The van der Waals surface area contributed by atoms with E-state index in [1.807, 2.05) is 36.4 Å². The molecule has 0 aliphatic carbocycles. The van der Waals surface area contributed by atoms with E-state index in [-0.39, 0.29) is 12.5 Å². The van der Waals surface area contributed by atoms with Crippen LogP contribution in [-0.4, -0.2) is 39.7 Å². The Morgan fingerprint density at radius 2 is 1.50 bits per heavy atom. The van der Waals surface area contributed by atoms with Crippen LogP contribution in [0.5, 0.6) is 5.88 Å². The number of nitrogens with one attached hydrogen (secondary N) is 1. The number of hydrogen-bond acceptors (Lipinski definition) is 5. The Morgan fingerprint density at radius 3 is 2.15 bits per heavy atom. The maximum Gasteiger partial charge on any atom is 0.220 e. The predicted octanol–water partition coefficient (Wildman–Crippen LogP) is 8.21. The highest BCUT2D eigenvalue weighted by molar-refractivity contribution is 5.76. The highest BCUT2D eigenvalue weighted by Gasteiger charge is 2.23. The molecule has 0 bridgehead atoms. The number of amides is 1. The lowest BCUT2D eigenvalue weighted by atomic mass is 10.0. The Bertz CT molecular complexity index is 935. The molecule has 0 unspecified atom stereocenters. The molecule has 2 aromatic heterocycles. The highest BCUT2D eigenvalue weighted by Crippen LogP contribution is 2.20. The van der Waals surface area contributed by atoms with Gasteiger partial charge in [-0.05, 0) is 43.5 Å². The largest absolute Gasteiger partial charge is 0.468 e. The fraction of sp³-hybridized carbons (Fsp3) is 0.618. The molecular formula is C34H53N3O3. The second-order valence-corrected chi connectivity index (χ2v) is 10.7. The summed E-state index contributed by atoms with van der Waals surface area (Å²) in [6.45, 7) is 4.17. The van der Waals surface area contributed by atoms with Crippen LogP contribution >= 0.6 is 0 Å². The molecule has 0 saturated heterocycles. The lowest BCUT2D eigenvalue weighted by Gasteiger charge is -2.25. The molecule has 0 radical (unpaired) electrons. The number of ether oxygens (including phenoxy) is 1. The molecule has 0 spiro atoms. The van der Waals surface area contributed by atoms with Gasteiger partial charge in [0, 0.05) is 18.7 Å². The summed E-state index contributed by atoms with van der Waals surface area (Å²) < 4.78 is 6.26. The molecule has 0 aliphatic heterocycles. The zero-order valence-electron chi connectivity index (χ0n) is 25.0. The number of rotatable bonds is 23. The van der Waals surface area contributed by atoms with Crippen molar-refractivity contribution in [3.05, 3.63) is 54.7 Å². The van der Waals surface area contributed by atoms with E-state index in [9.17, 15) is 9.90 Å². The van der Waals surface area contributed by atoms with E-state index < -0.39 is 12.1 Å². The minimum absolute atomic E-state index is 0.0601. The molecule has 0 aromatic carbocycles. The Kier molecular flexibility index (Phi) is 18.4. The molecule has 40 heavy (non-hydrogen) atoms. The van der Waals surface area contributed by atoms with Crippen molar-refractivity contribution in [3.63, 3.8) is 0 Å². The molecule has 2 aromatic rings. The van der Waals surface area contributed by atoms with E-state index in [4.69, 9.17) is 4.74 Å². The first-order chi connectivity index (χ1) is 19.7. The molecule has 2 N–H and O–H groups in total. The summed E-state index contributed by atoms with van der Waals surface area (Å²) in [4.78, 5) is 21.6. The lowest BCUT2D eigenvalue weighted by molar-refractivity contribution is -0.122. The van der Waals surface area contributed by atoms with Gasteiger partial charge in [-0.1, -0.05) is 109 Å². The third kappa shape index (κ3) is 14.6. The van der Waals surface area contributed by atoms with Gasteiger partial charge in [-0.3, -0.25) is 9.78 Å². The van der Waals surface area contributed by atoms with Crippen LogP contribution in [0, 0.1) is 0 Å². The molecule has 6 nitrogen and oxygen atoms in total. The summed E-state index contributed by atoms with van der Waals surface area (Å²) in [5, 5.41) is 13.2. The SMILES string of the molecule is CCCCCCCCCCCCC/C=C/[C@@H](Oc1cccc(-c2ccccn2)n1)[C@H](CO)NC(=O)CCCCC. The number of carbonyl (C=O) groups excluding carboxylic acids is 1. The van der Waals surface area contributed by atoms with Gasteiger partial charge >= 0.3 is 0 Å². The molecule has 2 heterocycles. The van der Waals surface area contributed by atoms with Crippen LogP contribution < -0.4 is 10.1 Å². The molecule has 2 atom stereocenters. The first kappa shape index (κ1) is 33.5. The molecular weight excluding hydrogens is 498 g/mol. The van der Waals surface area contributed by atoms with Crippen LogP contribution in [0.2, 0.25) is 0 Å². The summed E-state index contributed by atoms with van der Waals surface area (Å²) >= 11 is 0. The number of aromatic nitrogens is 2. The fourth-order valence-electron chi connectivity index (χ4n) is 4.74. The highest BCUT2D eigenvalue weighted by atomic mass is 16.5. The Hall–Kier alpha value is -2.73. The van der Waals surface area contributed by atoms with Gasteiger partial charge < -0.3 is 15.2 Å². The number of unbranched alkanes of at least 4 members (excludes halogenated alkanes) is 13. The van der Waals surface area contributed by atoms with Gasteiger partial charge in [-0.15, -0.1) is 0 Å². The van der Waals surface area contributed by atoms with E-state index in [2.05, 4.69) is 35.2 Å². The third-order valence-corrected chi connectivity index (χ3v) is 7.15. The van der Waals surface area contributed by atoms with Crippen LogP contribution in [0.4, 0.5) is 0 Å². The lowest BCUT2D eigenvalue weighted by Crippen LogP contribution is -2.47. The van der Waals surface area contributed by atoms with E-state index in [0.29, 0.717) is 18.0 Å². The molecule has 0 aliphatic rings. The summed E-state index contributed by atoms with van der Waals surface area (Å²) in [5.41, 5.74) is 1.48. The first-order valence-corrected chi connectivity index (χ1v) is 15.8. The standard InChI is InChI=1S/C34H53N3O3/c1-3-5-7-8-9-10-11-12-13-14-15-16-18-24-32(31(28-38)36-33(39)25-17-6-4-2)40-34-26-21-23-30(37-34)29-22-19-20-27-35-29/h18-24,26-27,31-32,38H,3-17,25,28H2,1-2H3,(H,36,39)/b24-18+/t31-,32+/m0/s1. The van der Waals surface area contributed by atoms with Gasteiger partial charge in [0.25, 0.3) is 0 Å². The van der Waals surface area contributed by atoms with Crippen molar-refractivity contribution >= 4 is 5.91 Å². The zero-order chi connectivity index (χ0) is 28.7. The first-order valence-electron chi connectivity index (χ1n) is 15.8. The normalized spacial score (nSPS) is 12.9. The smallest absolute Gasteiger partial charge is 0.220 e. The van der Waals surface area contributed by atoms with E-state index in [1.54, 1.807) is 12.3 Å². The van der Waals surface area contributed by atoms with Gasteiger partial charge in [-0.25, -0.2) is 4.98 Å². The maximum atomic E-state index is 12.5. The van der Waals surface area contributed by atoms with Crippen LogP contribution in [-0.2, 0) is 4.79 Å². The topological polar surface area (TPSA) is 84.3 Å². The van der Waals surface area contributed by atoms with Crippen molar-refractivity contribution in [2.24, 2.45) is 0 Å². The number of aliphatic hydroxyl groups is 1. The number of carbonyl (C=O) groups is 1. The van der Waals surface area contributed by atoms with Crippen molar-refractivity contribution in [3.8, 4) is 17.3 Å². The molecule has 6 heteroatoms. The van der Waals surface area contributed by atoms with Gasteiger partial charge in [0.05, 0.1) is 24.0 Å². The van der Waals surface area contributed by atoms with E-state index in [1.165, 1.54) is 64.2 Å². The van der Waals surface area contributed by atoms with Crippen LogP contribution in [0.3, 0.4) is 0 Å². The number of allylic oxidation sites excluding steroid dienone is 1. The summed E-state index contributed by atoms with van der Waals surface area (Å²) in [7, 11) is 0. The number of aliphatic hydroxyl groups excluding tert-OH is 1. The molecule has 1 amide bonds. The summed E-state index contributed by atoms with van der Waals surface area (Å²) in [6.07, 6.45) is 24.1. The number of pyridine rings is 2. The van der Waals surface area contributed by atoms with Crippen LogP contribution in [0.25, 0.3) is 11.4 Å². The molecule has 0 saturated carbocycles. The quantitative estimate of drug-likeness (QED) is 0.107. The second kappa shape index (κ2) is 22.0. The minimum Gasteiger partial charge on any atom is -0.468 e. The van der Waals surface area contributed by atoms with Crippen molar-refractivity contribution in [1.29, 1.82) is 0 Å². The number of nitrogens with zero attached hydrogens (tertiary/aromatic N) is 2. The Morgan fingerprint density at radius 1 is 0.850 bits per heavy atom. The molecule has 0 fully saturated rings. The van der Waals surface area contributed by atoms with Gasteiger partial charge in [-0.2, -0.15) is 0 Å². The van der Waals surface area contributed by atoms with Crippen LogP contribution in [0.15, 0.2) is 54.7 Å². The van der Waals surface area contributed by atoms with Crippen LogP contribution in [0.1, 0.15) is 117 Å². The van der Waals surface area contributed by atoms with Crippen molar-refractivity contribution in [2.45, 2.75) is 129 Å². The molecule has 2 rings (SSSR count).